The number of hydrogen-bond acceptors (Lipinski definition) is 6. The Kier molecular flexibility index (Phi) is 5.31. The van der Waals surface area contributed by atoms with Crippen molar-refractivity contribution in [3.63, 3.8) is 0 Å². The molecule has 0 bridgehead atoms. The zero-order valence-corrected chi connectivity index (χ0v) is 12.6. The van der Waals surface area contributed by atoms with Gasteiger partial charge in [0.05, 0.1) is 12.0 Å². The van der Waals surface area contributed by atoms with E-state index in [1.807, 2.05) is 0 Å². The van der Waals surface area contributed by atoms with E-state index in [2.05, 4.69) is 20.5 Å². The molecule has 0 saturated carbocycles. The molecule has 0 aliphatic heterocycles. The van der Waals surface area contributed by atoms with Gasteiger partial charge in [-0.3, -0.25) is 9.59 Å². The summed E-state index contributed by atoms with van der Waals surface area (Å²) in [5, 5.41) is 13.7. The van der Waals surface area contributed by atoms with E-state index in [4.69, 9.17) is 0 Å². The van der Waals surface area contributed by atoms with Gasteiger partial charge in [-0.15, -0.1) is 0 Å². The Bertz CT molecular complexity index is 758. The summed E-state index contributed by atoms with van der Waals surface area (Å²) in [5.41, 5.74) is 3.17. The third-order valence-electron chi connectivity index (χ3n) is 2.52. The lowest BCUT2D eigenvalue weighted by atomic mass is 10.2. The molecule has 0 saturated heterocycles. The second-order valence-corrected chi connectivity index (χ2v) is 5.30. The molecule has 0 radical (unpaired) electrons. The SMILES string of the molecule is Cc1cc(=O)[nH]c(SCC(=O)N/N=C/c2ccccc2O)n1. The Morgan fingerprint density at radius 3 is 3.00 bits per heavy atom. The van der Waals surface area contributed by atoms with Gasteiger partial charge >= 0.3 is 0 Å². The first-order valence-electron chi connectivity index (χ1n) is 6.35. The minimum atomic E-state index is -0.346. The van der Waals surface area contributed by atoms with E-state index < -0.39 is 0 Å². The van der Waals surface area contributed by atoms with Crippen molar-refractivity contribution in [2.45, 2.75) is 12.1 Å². The second kappa shape index (κ2) is 7.41. The fourth-order valence-corrected chi connectivity index (χ4v) is 2.27. The first-order chi connectivity index (χ1) is 10.5. The molecule has 0 atom stereocenters. The van der Waals surface area contributed by atoms with E-state index in [0.29, 0.717) is 16.4 Å². The van der Waals surface area contributed by atoms with Crippen LogP contribution in [-0.4, -0.2) is 32.9 Å². The highest BCUT2D eigenvalue weighted by atomic mass is 32.2. The number of carbonyl (C=O) groups is 1. The highest BCUT2D eigenvalue weighted by Crippen LogP contribution is 2.12. The maximum atomic E-state index is 11.6. The minimum absolute atomic E-state index is 0.0600. The number of benzene rings is 1. The lowest BCUT2D eigenvalue weighted by Crippen LogP contribution is -2.20. The summed E-state index contributed by atoms with van der Waals surface area (Å²) in [6.07, 6.45) is 1.35. The van der Waals surface area contributed by atoms with Gasteiger partial charge in [-0.05, 0) is 19.1 Å². The van der Waals surface area contributed by atoms with Crippen LogP contribution in [0.3, 0.4) is 0 Å². The molecular formula is C14H14N4O3S. The van der Waals surface area contributed by atoms with Crippen molar-refractivity contribution in [3.05, 3.63) is 51.9 Å². The Balaban J connectivity index is 1.86. The molecule has 1 amide bonds. The van der Waals surface area contributed by atoms with Crippen molar-refractivity contribution in [1.29, 1.82) is 0 Å². The number of amides is 1. The molecule has 2 aromatic rings. The smallest absolute Gasteiger partial charge is 0.251 e. The highest BCUT2D eigenvalue weighted by molar-refractivity contribution is 7.99. The Morgan fingerprint density at radius 2 is 2.27 bits per heavy atom. The Labute approximate surface area is 130 Å². The molecule has 0 aliphatic carbocycles. The predicted octanol–water partition coefficient (Wildman–Crippen LogP) is 1.03. The third kappa shape index (κ3) is 4.74. The van der Waals surface area contributed by atoms with Gasteiger partial charge in [0.2, 0.25) is 0 Å². The van der Waals surface area contributed by atoms with Gasteiger partial charge in [0, 0.05) is 17.3 Å². The van der Waals surface area contributed by atoms with E-state index in [9.17, 15) is 14.7 Å². The van der Waals surface area contributed by atoms with Gasteiger partial charge in [0.1, 0.15) is 5.75 Å². The lowest BCUT2D eigenvalue weighted by molar-refractivity contribution is -0.118. The van der Waals surface area contributed by atoms with Gasteiger partial charge in [-0.25, -0.2) is 10.4 Å². The molecule has 1 aromatic heterocycles. The summed E-state index contributed by atoms with van der Waals surface area (Å²) in [5.74, 6) is -0.206. The number of aryl methyl sites for hydroxylation is 1. The Hall–Kier alpha value is -2.61. The number of phenols is 1. The monoisotopic (exact) mass is 318 g/mol. The summed E-state index contributed by atoms with van der Waals surface area (Å²) in [6.45, 7) is 1.70. The van der Waals surface area contributed by atoms with Crippen LogP contribution < -0.4 is 11.0 Å². The molecule has 1 aromatic carbocycles. The third-order valence-corrected chi connectivity index (χ3v) is 3.39. The van der Waals surface area contributed by atoms with Crippen LogP contribution in [0.15, 0.2) is 45.4 Å². The zero-order valence-electron chi connectivity index (χ0n) is 11.7. The number of carbonyl (C=O) groups excluding carboxylic acids is 1. The van der Waals surface area contributed by atoms with Gasteiger partial charge in [-0.1, -0.05) is 23.9 Å². The first-order valence-corrected chi connectivity index (χ1v) is 7.34. The van der Waals surface area contributed by atoms with Gasteiger partial charge in [0.15, 0.2) is 5.16 Å². The number of aromatic hydroxyl groups is 1. The van der Waals surface area contributed by atoms with Gasteiger partial charge in [0.25, 0.3) is 11.5 Å². The summed E-state index contributed by atoms with van der Waals surface area (Å²) >= 11 is 1.10. The molecule has 0 spiro atoms. The molecule has 0 unspecified atom stereocenters. The number of rotatable bonds is 5. The number of thioether (sulfide) groups is 1. The fraction of sp³-hybridized carbons (Fsp3) is 0.143. The van der Waals surface area contributed by atoms with Crippen LogP contribution in [0.5, 0.6) is 5.75 Å². The van der Waals surface area contributed by atoms with Crippen molar-refractivity contribution in [2.75, 3.05) is 5.75 Å². The van der Waals surface area contributed by atoms with E-state index in [1.165, 1.54) is 18.3 Å². The van der Waals surface area contributed by atoms with Crippen LogP contribution in [0, 0.1) is 6.92 Å². The number of aromatic amines is 1. The van der Waals surface area contributed by atoms with Crippen molar-refractivity contribution in [2.24, 2.45) is 5.10 Å². The summed E-state index contributed by atoms with van der Waals surface area (Å²) in [6, 6.07) is 8.01. The van der Waals surface area contributed by atoms with Crippen molar-refractivity contribution in [1.82, 2.24) is 15.4 Å². The molecule has 0 aliphatic rings. The standard InChI is InChI=1S/C14H14N4O3S/c1-9-6-12(20)17-14(16-9)22-8-13(21)18-15-7-10-4-2-3-5-11(10)19/h2-7,19H,8H2,1H3,(H,18,21)(H,16,17,20)/b15-7+. The molecule has 114 valence electrons. The zero-order chi connectivity index (χ0) is 15.9. The number of phenolic OH excluding ortho intramolecular Hbond substituents is 1. The van der Waals surface area contributed by atoms with Crippen LogP contribution in [-0.2, 0) is 4.79 Å². The predicted molar refractivity (Wildman–Crippen MR) is 84.2 cm³/mol. The van der Waals surface area contributed by atoms with Crippen LogP contribution in [0.25, 0.3) is 0 Å². The van der Waals surface area contributed by atoms with Crippen LogP contribution in [0.4, 0.5) is 0 Å². The van der Waals surface area contributed by atoms with E-state index in [-0.39, 0.29) is 23.0 Å². The maximum Gasteiger partial charge on any atom is 0.251 e. The quantitative estimate of drug-likeness (QED) is 0.330. The number of hydrogen-bond donors (Lipinski definition) is 3. The molecule has 7 nitrogen and oxygen atoms in total. The van der Waals surface area contributed by atoms with Gasteiger partial charge in [-0.2, -0.15) is 5.10 Å². The fourth-order valence-electron chi connectivity index (χ4n) is 1.56. The van der Waals surface area contributed by atoms with E-state index in [1.54, 1.807) is 25.1 Å². The number of nitrogens with one attached hydrogen (secondary N) is 2. The average Bonchev–Trinajstić information content (AvgIpc) is 2.46. The molecule has 3 N–H and O–H groups in total. The van der Waals surface area contributed by atoms with Crippen LogP contribution >= 0.6 is 11.8 Å². The van der Waals surface area contributed by atoms with Crippen LogP contribution in [0.1, 0.15) is 11.3 Å². The van der Waals surface area contributed by atoms with Crippen molar-refractivity contribution in [3.8, 4) is 5.75 Å². The molecule has 1 heterocycles. The molecular weight excluding hydrogens is 304 g/mol. The number of aromatic nitrogens is 2. The number of nitrogens with zero attached hydrogens (tertiary/aromatic N) is 2. The highest BCUT2D eigenvalue weighted by Gasteiger charge is 2.04. The van der Waals surface area contributed by atoms with Crippen LogP contribution in [0.2, 0.25) is 0 Å². The molecule has 2 rings (SSSR count). The number of para-hydroxylation sites is 1. The van der Waals surface area contributed by atoms with Crippen molar-refractivity contribution < 1.29 is 9.90 Å². The second-order valence-electron chi connectivity index (χ2n) is 4.33. The summed E-state index contributed by atoms with van der Waals surface area (Å²) in [4.78, 5) is 29.5. The summed E-state index contributed by atoms with van der Waals surface area (Å²) < 4.78 is 0. The largest absolute Gasteiger partial charge is 0.507 e. The number of H-pyrrole nitrogens is 1. The van der Waals surface area contributed by atoms with E-state index >= 15 is 0 Å². The minimum Gasteiger partial charge on any atom is -0.507 e. The van der Waals surface area contributed by atoms with Gasteiger partial charge < -0.3 is 10.1 Å². The summed E-state index contributed by atoms with van der Waals surface area (Å²) in [7, 11) is 0. The lowest BCUT2D eigenvalue weighted by Gasteiger charge is -2.01. The maximum absolute atomic E-state index is 11.6. The molecule has 22 heavy (non-hydrogen) atoms. The van der Waals surface area contributed by atoms with E-state index in [0.717, 1.165) is 11.8 Å². The molecule has 8 heteroatoms. The molecule has 0 fully saturated rings. The van der Waals surface area contributed by atoms with Crippen molar-refractivity contribution >= 4 is 23.9 Å². The normalized spacial score (nSPS) is 10.8. The Morgan fingerprint density at radius 1 is 1.50 bits per heavy atom. The number of hydrazone groups is 1. The topological polar surface area (TPSA) is 107 Å². The average molecular weight is 318 g/mol. The first kappa shape index (κ1) is 15.8.